The van der Waals surface area contributed by atoms with E-state index >= 15 is 0 Å². The normalized spacial score (nSPS) is 23.4. The van der Waals surface area contributed by atoms with Gasteiger partial charge in [-0.25, -0.2) is 13.8 Å². The molecular weight excluding hydrogens is 426 g/mol. The molecule has 8 heteroatoms. The van der Waals surface area contributed by atoms with Crippen molar-refractivity contribution in [3.05, 3.63) is 64.6 Å². The third kappa shape index (κ3) is 4.24. The summed E-state index contributed by atoms with van der Waals surface area (Å²) in [5.41, 5.74) is 3.95. The summed E-state index contributed by atoms with van der Waals surface area (Å²) in [6.45, 7) is 4.45. The van der Waals surface area contributed by atoms with E-state index in [1.165, 1.54) is 28.3 Å². The van der Waals surface area contributed by atoms with E-state index in [0.29, 0.717) is 24.5 Å². The molecule has 0 bridgehead atoms. The number of halogens is 2. The van der Waals surface area contributed by atoms with E-state index < -0.39 is 11.6 Å². The van der Waals surface area contributed by atoms with Crippen LogP contribution in [0.1, 0.15) is 60.7 Å². The number of fused-ring (bicyclic) bond motifs is 1. The minimum absolute atomic E-state index is 0.0432. The molecule has 1 aromatic carbocycles. The fraction of sp³-hybridized carbons (Fsp3) is 0.480. The first-order valence-electron chi connectivity index (χ1n) is 11.6. The lowest BCUT2D eigenvalue weighted by molar-refractivity contribution is -0.183. The highest BCUT2D eigenvalue weighted by Gasteiger charge is 2.37. The third-order valence-electron chi connectivity index (χ3n) is 7.18. The minimum Gasteiger partial charge on any atom is -0.286 e. The number of benzene rings is 1. The molecule has 0 spiro atoms. The molecule has 174 valence electrons. The summed E-state index contributed by atoms with van der Waals surface area (Å²) in [7, 11) is 0. The van der Waals surface area contributed by atoms with Crippen LogP contribution in [0.5, 0.6) is 0 Å². The number of nitrogens with zero attached hydrogens (tertiary/aromatic N) is 4. The topological polar surface area (TPSA) is 59.7 Å². The Balaban J connectivity index is 1.22. The summed E-state index contributed by atoms with van der Waals surface area (Å²) in [4.78, 5) is 18.9. The average molecular weight is 455 g/mol. The number of hydroxylamine groups is 2. The number of carbonyl (C=O) groups is 1. The van der Waals surface area contributed by atoms with E-state index in [9.17, 15) is 13.6 Å². The molecule has 1 amide bonds. The molecule has 1 aliphatic carbocycles. The summed E-state index contributed by atoms with van der Waals surface area (Å²) >= 11 is 0. The number of hydrogen-bond acceptors (Lipinski definition) is 4. The molecule has 3 aromatic rings. The molecule has 1 atom stereocenters. The molecule has 0 radical (unpaired) electrons. The van der Waals surface area contributed by atoms with Crippen molar-refractivity contribution in [1.82, 2.24) is 19.7 Å². The average Bonchev–Trinajstić information content (AvgIpc) is 3.43. The minimum atomic E-state index is -0.901. The van der Waals surface area contributed by atoms with Crippen molar-refractivity contribution >= 4 is 11.6 Å². The second-order valence-corrected chi connectivity index (χ2v) is 9.35. The van der Waals surface area contributed by atoms with Gasteiger partial charge in [-0.1, -0.05) is 6.07 Å². The third-order valence-corrected chi connectivity index (χ3v) is 7.18. The van der Waals surface area contributed by atoms with Gasteiger partial charge in [-0.15, -0.1) is 10.2 Å². The second kappa shape index (κ2) is 8.82. The molecule has 6 nitrogen and oxygen atoms in total. The largest absolute Gasteiger partial charge is 0.286 e. The zero-order chi connectivity index (χ0) is 23.1. The molecule has 2 fully saturated rings. The highest BCUT2D eigenvalue weighted by Crippen LogP contribution is 2.37. The first-order valence-corrected chi connectivity index (χ1v) is 11.6. The lowest BCUT2D eigenvalue weighted by Gasteiger charge is -2.32. The Kier molecular flexibility index (Phi) is 5.86. The maximum Gasteiger partial charge on any atom is 0.249 e. The second-order valence-electron chi connectivity index (χ2n) is 9.35. The molecule has 1 aliphatic heterocycles. The number of rotatable bonds is 4. The van der Waals surface area contributed by atoms with Crippen LogP contribution in [0, 0.1) is 37.3 Å². The van der Waals surface area contributed by atoms with Gasteiger partial charge in [-0.3, -0.25) is 14.0 Å². The lowest BCUT2D eigenvalue weighted by atomic mass is 9.78. The van der Waals surface area contributed by atoms with Gasteiger partial charge >= 0.3 is 0 Å². The Hall–Kier alpha value is -2.87. The van der Waals surface area contributed by atoms with Crippen molar-refractivity contribution in [3.8, 4) is 0 Å². The van der Waals surface area contributed by atoms with Crippen LogP contribution in [0.4, 0.5) is 8.78 Å². The maximum absolute atomic E-state index is 13.7. The molecule has 1 saturated carbocycles. The molecule has 2 aliphatic rings. The van der Waals surface area contributed by atoms with Crippen LogP contribution in [-0.2, 0) is 16.1 Å². The Morgan fingerprint density at radius 1 is 1.06 bits per heavy atom. The number of pyridine rings is 1. The van der Waals surface area contributed by atoms with E-state index in [2.05, 4.69) is 29.4 Å². The number of aromatic nitrogens is 3. The quantitative estimate of drug-likeness (QED) is 0.564. The van der Waals surface area contributed by atoms with E-state index in [-0.39, 0.29) is 17.9 Å². The molecule has 1 saturated heterocycles. The van der Waals surface area contributed by atoms with Crippen LogP contribution in [0.3, 0.4) is 0 Å². The maximum atomic E-state index is 13.7. The summed E-state index contributed by atoms with van der Waals surface area (Å²) in [6, 6.07) is 5.52. The first-order chi connectivity index (χ1) is 15.9. The van der Waals surface area contributed by atoms with Crippen LogP contribution in [-0.4, -0.2) is 32.2 Å². The highest BCUT2D eigenvalue weighted by molar-refractivity contribution is 5.78. The van der Waals surface area contributed by atoms with Crippen LogP contribution in [0.25, 0.3) is 5.65 Å². The van der Waals surface area contributed by atoms with Gasteiger partial charge in [0.1, 0.15) is 5.82 Å². The van der Waals surface area contributed by atoms with E-state index in [4.69, 9.17) is 4.84 Å². The number of amides is 1. The van der Waals surface area contributed by atoms with Crippen LogP contribution in [0.2, 0.25) is 0 Å². The molecular formula is C25H28F2N4O2. The van der Waals surface area contributed by atoms with E-state index in [0.717, 1.165) is 49.6 Å². The van der Waals surface area contributed by atoms with Crippen LogP contribution in [0.15, 0.2) is 30.5 Å². The van der Waals surface area contributed by atoms with Gasteiger partial charge in [0, 0.05) is 18.5 Å². The molecule has 2 aromatic heterocycles. The van der Waals surface area contributed by atoms with Crippen molar-refractivity contribution in [2.75, 3.05) is 6.61 Å². The molecule has 5 rings (SSSR count). The van der Waals surface area contributed by atoms with Gasteiger partial charge in [0.25, 0.3) is 0 Å². The van der Waals surface area contributed by atoms with Gasteiger partial charge in [0.15, 0.2) is 17.3 Å². The fourth-order valence-electron chi connectivity index (χ4n) is 5.21. The zero-order valence-electron chi connectivity index (χ0n) is 18.9. The Bertz CT molecular complexity index is 1190. The molecule has 0 unspecified atom stereocenters. The van der Waals surface area contributed by atoms with Gasteiger partial charge in [-0.2, -0.15) is 0 Å². The summed E-state index contributed by atoms with van der Waals surface area (Å²) in [5, 5.41) is 9.75. The summed E-state index contributed by atoms with van der Waals surface area (Å²) in [5.74, 6) is -0.537. The Morgan fingerprint density at radius 3 is 2.61 bits per heavy atom. The standard InChI is InChI=1S/C25H28F2N4O2/c1-15-11-24-29-28-16(2)30(24)14-20(15)12-17-3-5-18(6-4-17)25(32)31-23(9-10-33-31)19-7-8-21(26)22(27)13-19/h7-8,11,13-14,17-18,23H,3-6,9-10,12H2,1-2H3/t17-,18-,23-/m0/s1. The Morgan fingerprint density at radius 2 is 1.85 bits per heavy atom. The summed E-state index contributed by atoms with van der Waals surface area (Å²) < 4.78 is 29.1. The van der Waals surface area contributed by atoms with Crippen LogP contribution < -0.4 is 0 Å². The first kappa shape index (κ1) is 21.9. The predicted molar refractivity (Wildman–Crippen MR) is 118 cm³/mol. The van der Waals surface area contributed by atoms with Crippen LogP contribution >= 0.6 is 0 Å². The molecule has 0 N–H and O–H groups in total. The highest BCUT2D eigenvalue weighted by atomic mass is 19.2. The van der Waals surface area contributed by atoms with E-state index in [1.807, 2.05) is 11.3 Å². The van der Waals surface area contributed by atoms with Crippen molar-refractivity contribution < 1.29 is 18.4 Å². The van der Waals surface area contributed by atoms with Crippen molar-refractivity contribution in [3.63, 3.8) is 0 Å². The zero-order valence-corrected chi connectivity index (χ0v) is 18.9. The van der Waals surface area contributed by atoms with Gasteiger partial charge in [-0.05, 0) is 86.8 Å². The summed E-state index contributed by atoms with van der Waals surface area (Å²) in [6.07, 6.45) is 7.25. The molecule has 33 heavy (non-hydrogen) atoms. The molecule has 3 heterocycles. The lowest BCUT2D eigenvalue weighted by Crippen LogP contribution is -2.36. The van der Waals surface area contributed by atoms with E-state index in [1.54, 1.807) is 0 Å². The SMILES string of the molecule is Cc1cc2nnc(C)n2cc1C[C@H]1CC[C@H](C(=O)N2OCC[C@H]2c2ccc(F)c(F)c2)CC1. The van der Waals surface area contributed by atoms with Gasteiger partial charge in [0.2, 0.25) is 5.91 Å². The van der Waals surface area contributed by atoms with Crippen molar-refractivity contribution in [2.24, 2.45) is 11.8 Å². The van der Waals surface area contributed by atoms with Crippen molar-refractivity contribution in [1.29, 1.82) is 0 Å². The predicted octanol–water partition coefficient (Wildman–Crippen LogP) is 4.88. The number of carbonyl (C=O) groups excluding carboxylic acids is 1. The number of hydrogen-bond donors (Lipinski definition) is 0. The number of aryl methyl sites for hydroxylation is 2. The fourth-order valence-corrected chi connectivity index (χ4v) is 5.21. The van der Waals surface area contributed by atoms with Crippen molar-refractivity contribution in [2.45, 2.75) is 58.4 Å². The van der Waals surface area contributed by atoms with Gasteiger partial charge in [0.05, 0.1) is 12.6 Å². The van der Waals surface area contributed by atoms with Gasteiger partial charge < -0.3 is 0 Å². The smallest absolute Gasteiger partial charge is 0.249 e. The monoisotopic (exact) mass is 454 g/mol. The Labute approximate surface area is 191 Å².